The van der Waals surface area contributed by atoms with Gasteiger partial charge in [-0.05, 0) is 25.0 Å². The summed E-state index contributed by atoms with van der Waals surface area (Å²) in [5.74, 6) is -0.154. The van der Waals surface area contributed by atoms with Crippen molar-refractivity contribution in [1.82, 2.24) is 20.1 Å². The number of para-hydroxylation sites is 1. The molecule has 7 heteroatoms. The molecule has 0 fully saturated rings. The Labute approximate surface area is 145 Å². The third kappa shape index (κ3) is 4.26. The van der Waals surface area contributed by atoms with Crippen molar-refractivity contribution in [1.29, 1.82) is 0 Å². The second kappa shape index (κ2) is 7.65. The number of hydrogen-bond acceptors (Lipinski definition) is 3. The zero-order chi connectivity index (χ0) is 17.6. The summed E-state index contributed by atoms with van der Waals surface area (Å²) in [6, 6.07) is 8.02. The van der Waals surface area contributed by atoms with Crippen LogP contribution in [0.3, 0.4) is 0 Å². The number of fused-ring (bicyclic) bond motifs is 1. The molecule has 7 nitrogen and oxygen atoms in total. The summed E-state index contributed by atoms with van der Waals surface area (Å²) in [6.45, 7) is 2.78. The van der Waals surface area contributed by atoms with Crippen LogP contribution in [0.5, 0.6) is 0 Å². The lowest BCUT2D eigenvalue weighted by Crippen LogP contribution is -2.28. The maximum Gasteiger partial charge on any atom is 0.239 e. The first kappa shape index (κ1) is 16.8. The van der Waals surface area contributed by atoms with E-state index in [1.165, 1.54) is 0 Å². The minimum absolute atomic E-state index is 0.0593. The minimum Gasteiger partial charge on any atom is -0.355 e. The quantitative estimate of drug-likeness (QED) is 0.576. The second-order valence-electron chi connectivity index (χ2n) is 5.95. The van der Waals surface area contributed by atoms with E-state index in [9.17, 15) is 9.59 Å². The van der Waals surface area contributed by atoms with Crippen molar-refractivity contribution in [2.75, 3.05) is 11.9 Å². The highest BCUT2D eigenvalue weighted by molar-refractivity contribution is 5.90. The summed E-state index contributed by atoms with van der Waals surface area (Å²) >= 11 is 0. The third-order valence-corrected chi connectivity index (χ3v) is 3.99. The molecule has 0 spiro atoms. The van der Waals surface area contributed by atoms with Gasteiger partial charge >= 0.3 is 0 Å². The minimum atomic E-state index is -0.0947. The maximum atomic E-state index is 12.1. The Bertz CT molecular complexity index is 867. The van der Waals surface area contributed by atoms with Crippen LogP contribution in [-0.2, 0) is 16.1 Å². The molecule has 0 aliphatic rings. The van der Waals surface area contributed by atoms with Crippen molar-refractivity contribution in [2.45, 2.75) is 26.3 Å². The first-order valence-corrected chi connectivity index (χ1v) is 8.23. The number of aromatic nitrogens is 3. The van der Waals surface area contributed by atoms with Crippen molar-refractivity contribution < 1.29 is 9.59 Å². The summed E-state index contributed by atoms with van der Waals surface area (Å²) in [4.78, 5) is 23.8. The number of rotatable bonds is 7. The number of amides is 2. The SMILES string of the molecule is Cc1cn(CC(=O)NCCCC(=O)Nc2cn[nH]c2)c2ccccc12. The molecule has 0 atom stereocenters. The van der Waals surface area contributed by atoms with Crippen LogP contribution in [0.1, 0.15) is 18.4 Å². The summed E-state index contributed by atoms with van der Waals surface area (Å²) in [7, 11) is 0. The van der Waals surface area contributed by atoms with Crippen molar-refractivity contribution in [3.8, 4) is 0 Å². The molecule has 3 N–H and O–H groups in total. The molecule has 3 rings (SSSR count). The van der Waals surface area contributed by atoms with E-state index in [0.717, 1.165) is 16.5 Å². The maximum absolute atomic E-state index is 12.1. The molecule has 2 heterocycles. The number of H-pyrrole nitrogens is 1. The number of carbonyl (C=O) groups excluding carboxylic acids is 2. The van der Waals surface area contributed by atoms with E-state index < -0.39 is 0 Å². The topological polar surface area (TPSA) is 91.8 Å². The molecule has 2 amide bonds. The van der Waals surface area contributed by atoms with Crippen LogP contribution in [0.4, 0.5) is 5.69 Å². The zero-order valence-corrected chi connectivity index (χ0v) is 14.1. The van der Waals surface area contributed by atoms with Gasteiger partial charge < -0.3 is 15.2 Å². The number of nitrogens with zero attached hydrogens (tertiary/aromatic N) is 2. The van der Waals surface area contributed by atoms with Gasteiger partial charge in [-0.1, -0.05) is 18.2 Å². The van der Waals surface area contributed by atoms with Gasteiger partial charge in [-0.2, -0.15) is 5.10 Å². The number of aromatic amines is 1. The van der Waals surface area contributed by atoms with Crippen LogP contribution in [0.25, 0.3) is 10.9 Å². The molecular weight excluding hydrogens is 318 g/mol. The number of carbonyl (C=O) groups is 2. The molecule has 0 bridgehead atoms. The van der Waals surface area contributed by atoms with Gasteiger partial charge in [0.2, 0.25) is 11.8 Å². The molecule has 0 saturated carbocycles. The first-order chi connectivity index (χ1) is 12.1. The predicted octanol–water partition coefficient (Wildman–Crippen LogP) is 2.21. The molecule has 0 saturated heterocycles. The Morgan fingerprint density at radius 3 is 2.88 bits per heavy atom. The smallest absolute Gasteiger partial charge is 0.239 e. The van der Waals surface area contributed by atoms with E-state index in [0.29, 0.717) is 25.1 Å². The van der Waals surface area contributed by atoms with E-state index in [2.05, 4.69) is 26.9 Å². The van der Waals surface area contributed by atoms with E-state index in [1.54, 1.807) is 12.4 Å². The molecule has 2 aromatic heterocycles. The fraction of sp³-hybridized carbons (Fsp3) is 0.278. The highest BCUT2D eigenvalue weighted by Gasteiger charge is 2.09. The number of anilines is 1. The normalized spacial score (nSPS) is 10.8. The summed E-state index contributed by atoms with van der Waals surface area (Å²) < 4.78 is 1.95. The van der Waals surface area contributed by atoms with E-state index in [4.69, 9.17) is 0 Å². The van der Waals surface area contributed by atoms with E-state index in [-0.39, 0.29) is 18.4 Å². The summed E-state index contributed by atoms with van der Waals surface area (Å²) in [5, 5.41) is 13.1. The largest absolute Gasteiger partial charge is 0.355 e. The van der Waals surface area contributed by atoms with Gasteiger partial charge in [0, 0.05) is 36.3 Å². The molecule has 0 aliphatic heterocycles. The van der Waals surface area contributed by atoms with Crippen molar-refractivity contribution >= 4 is 28.4 Å². The van der Waals surface area contributed by atoms with Gasteiger partial charge in [0.15, 0.2) is 0 Å². The first-order valence-electron chi connectivity index (χ1n) is 8.23. The Morgan fingerprint density at radius 2 is 2.08 bits per heavy atom. The van der Waals surface area contributed by atoms with Gasteiger partial charge in [-0.15, -0.1) is 0 Å². The summed E-state index contributed by atoms with van der Waals surface area (Å²) in [5.41, 5.74) is 2.85. The van der Waals surface area contributed by atoms with Crippen LogP contribution in [0.2, 0.25) is 0 Å². The highest BCUT2D eigenvalue weighted by atomic mass is 16.2. The average molecular weight is 339 g/mol. The second-order valence-corrected chi connectivity index (χ2v) is 5.95. The number of nitrogens with one attached hydrogen (secondary N) is 3. The lowest BCUT2D eigenvalue weighted by atomic mass is 10.2. The standard InChI is InChI=1S/C18H21N5O2/c1-13-11-23(16-6-3-2-5-15(13)16)12-18(25)19-8-4-7-17(24)22-14-9-20-21-10-14/h2-3,5-6,9-11H,4,7-8,12H2,1H3,(H,19,25)(H,20,21)(H,22,24). The Hall–Kier alpha value is -3.09. The fourth-order valence-electron chi connectivity index (χ4n) is 2.79. The third-order valence-electron chi connectivity index (χ3n) is 3.99. The van der Waals surface area contributed by atoms with Gasteiger partial charge in [0.05, 0.1) is 11.9 Å². The zero-order valence-electron chi connectivity index (χ0n) is 14.1. The molecule has 0 aliphatic carbocycles. The molecule has 25 heavy (non-hydrogen) atoms. The van der Waals surface area contributed by atoms with Crippen LogP contribution in [0, 0.1) is 6.92 Å². The number of benzene rings is 1. The Balaban J connectivity index is 1.43. The molecular formula is C18H21N5O2. The number of hydrogen-bond donors (Lipinski definition) is 3. The highest BCUT2D eigenvalue weighted by Crippen LogP contribution is 2.20. The predicted molar refractivity (Wildman–Crippen MR) is 96.1 cm³/mol. The van der Waals surface area contributed by atoms with Gasteiger partial charge in [-0.25, -0.2) is 0 Å². The monoisotopic (exact) mass is 339 g/mol. The van der Waals surface area contributed by atoms with Crippen molar-refractivity contribution in [2.24, 2.45) is 0 Å². The van der Waals surface area contributed by atoms with Gasteiger partial charge in [0.25, 0.3) is 0 Å². The van der Waals surface area contributed by atoms with Crippen LogP contribution in [-0.4, -0.2) is 33.1 Å². The Morgan fingerprint density at radius 1 is 1.24 bits per heavy atom. The van der Waals surface area contributed by atoms with Crippen LogP contribution >= 0.6 is 0 Å². The van der Waals surface area contributed by atoms with Crippen molar-refractivity contribution in [3.05, 3.63) is 48.4 Å². The molecule has 1 aromatic carbocycles. The van der Waals surface area contributed by atoms with Gasteiger partial charge in [0.1, 0.15) is 6.54 Å². The van der Waals surface area contributed by atoms with Gasteiger partial charge in [-0.3, -0.25) is 14.7 Å². The average Bonchev–Trinajstić information content (AvgIpc) is 3.21. The van der Waals surface area contributed by atoms with Crippen LogP contribution in [0.15, 0.2) is 42.9 Å². The van der Waals surface area contributed by atoms with E-state index >= 15 is 0 Å². The van der Waals surface area contributed by atoms with Crippen LogP contribution < -0.4 is 10.6 Å². The molecule has 3 aromatic rings. The molecule has 0 radical (unpaired) electrons. The summed E-state index contributed by atoms with van der Waals surface area (Å²) in [6.07, 6.45) is 6.08. The lowest BCUT2D eigenvalue weighted by molar-refractivity contribution is -0.122. The lowest BCUT2D eigenvalue weighted by Gasteiger charge is -2.07. The Kier molecular flexibility index (Phi) is 5.13. The number of aryl methyl sites for hydroxylation is 1. The molecule has 130 valence electrons. The van der Waals surface area contributed by atoms with E-state index in [1.807, 2.05) is 35.9 Å². The van der Waals surface area contributed by atoms with Crippen molar-refractivity contribution in [3.63, 3.8) is 0 Å². The molecule has 0 unspecified atom stereocenters. The fourth-order valence-corrected chi connectivity index (χ4v) is 2.79.